The quantitative estimate of drug-likeness (QED) is 0.177. The van der Waals surface area contributed by atoms with Gasteiger partial charge in [0, 0.05) is 72.9 Å². The molecule has 13 aromatic rings. The highest BCUT2D eigenvalue weighted by Gasteiger charge is 2.52. The number of para-hydroxylation sites is 4. The average molecular weight is 855 g/mol. The number of hydrogen-bond acceptors (Lipinski definition) is 4. The zero-order valence-electron chi connectivity index (χ0n) is 35.7. The van der Waals surface area contributed by atoms with Crippen molar-refractivity contribution >= 4 is 65.4 Å². The van der Waals surface area contributed by atoms with Crippen LogP contribution < -0.4 is 4.74 Å². The van der Waals surface area contributed by atoms with Crippen LogP contribution in [-0.4, -0.2) is 23.7 Å². The van der Waals surface area contributed by atoms with Crippen molar-refractivity contribution in [2.75, 3.05) is 0 Å². The lowest BCUT2D eigenvalue weighted by atomic mass is 9.66. The lowest BCUT2D eigenvalue weighted by molar-refractivity contribution is 0.436. The van der Waals surface area contributed by atoms with Gasteiger partial charge in [0.2, 0.25) is 0 Å². The Morgan fingerprint density at radius 2 is 0.776 bits per heavy atom. The molecule has 1 spiro atoms. The molecule has 0 fully saturated rings. The summed E-state index contributed by atoms with van der Waals surface area (Å²) >= 11 is 0. The zero-order chi connectivity index (χ0) is 44.0. The highest BCUT2D eigenvalue weighted by atomic mass is 16.5. The summed E-state index contributed by atoms with van der Waals surface area (Å²) in [6, 6.07) is 71.4. The molecule has 0 bridgehead atoms. The number of nitriles is 1. The van der Waals surface area contributed by atoms with Crippen LogP contribution in [0.4, 0.5) is 0 Å². The number of fused-ring (bicyclic) bond motifs is 18. The number of aromatic nitrogens is 5. The third-order valence-electron chi connectivity index (χ3n) is 14.4. The summed E-state index contributed by atoms with van der Waals surface area (Å²) in [5.41, 5.74) is 15.5. The Labute approximate surface area is 383 Å². The molecule has 7 heteroatoms. The molecule has 0 saturated heterocycles. The Balaban J connectivity index is 0.989. The Morgan fingerprint density at radius 1 is 0.373 bits per heavy atom. The lowest BCUT2D eigenvalue weighted by Crippen LogP contribution is -2.32. The third kappa shape index (κ3) is 4.68. The first-order valence-electron chi connectivity index (χ1n) is 22.5. The largest absolute Gasteiger partial charge is 0.457 e. The van der Waals surface area contributed by atoms with Crippen LogP contribution in [0.3, 0.4) is 0 Å². The monoisotopic (exact) mass is 854 g/mol. The van der Waals surface area contributed by atoms with Gasteiger partial charge < -0.3 is 18.4 Å². The molecular weight excluding hydrogens is 821 g/mol. The second-order valence-electron chi connectivity index (χ2n) is 17.6. The number of hydrogen-bond donors (Lipinski definition) is 0. The fourth-order valence-corrected chi connectivity index (χ4v) is 11.8. The molecule has 310 valence electrons. The van der Waals surface area contributed by atoms with Gasteiger partial charge in [-0.2, -0.15) is 5.26 Å². The number of rotatable bonds is 3. The number of pyridine rings is 2. The van der Waals surface area contributed by atoms with E-state index < -0.39 is 5.41 Å². The van der Waals surface area contributed by atoms with Crippen LogP contribution >= 0.6 is 0 Å². The van der Waals surface area contributed by atoms with Crippen LogP contribution in [0.2, 0.25) is 0 Å². The predicted octanol–water partition coefficient (Wildman–Crippen LogP) is 14.1. The molecule has 0 saturated carbocycles. The van der Waals surface area contributed by atoms with Crippen LogP contribution in [0.25, 0.3) is 93.9 Å². The maximum Gasteiger partial charge on any atom is 0.132 e. The highest BCUT2D eigenvalue weighted by Crippen LogP contribution is 2.62. The normalized spacial score (nSPS) is 13.3. The van der Waals surface area contributed by atoms with Gasteiger partial charge in [0.05, 0.1) is 61.5 Å². The van der Waals surface area contributed by atoms with Crippen molar-refractivity contribution < 1.29 is 4.74 Å². The molecule has 0 amide bonds. The second-order valence-corrected chi connectivity index (χ2v) is 17.6. The van der Waals surface area contributed by atoms with E-state index in [0.717, 1.165) is 95.0 Å². The van der Waals surface area contributed by atoms with E-state index in [1.54, 1.807) is 0 Å². The Bertz CT molecular complexity index is 4250. The van der Waals surface area contributed by atoms with Gasteiger partial charge in [-0.1, -0.05) is 84.9 Å². The Morgan fingerprint density at radius 3 is 1.27 bits per heavy atom. The van der Waals surface area contributed by atoms with Gasteiger partial charge in [0.15, 0.2) is 0 Å². The second kappa shape index (κ2) is 13.2. The summed E-state index contributed by atoms with van der Waals surface area (Å²) in [7, 11) is 0. The third-order valence-corrected chi connectivity index (χ3v) is 14.4. The lowest BCUT2D eigenvalue weighted by Gasteiger charge is -2.39. The van der Waals surface area contributed by atoms with Crippen molar-refractivity contribution in [1.82, 2.24) is 23.7 Å². The SMILES string of the molecule is N#Cc1ccc2c(c1)c1ccccc1n2-c1ccc2c(c1)C1(c3cc(-n4c5ccccc5c5cc(-n6c7ccccc7c7ccccc76)ccc54)ccc3O2)c2cccnc2-c2ncccc21. The number of benzene rings is 8. The van der Waals surface area contributed by atoms with Gasteiger partial charge in [-0.25, -0.2) is 0 Å². The van der Waals surface area contributed by atoms with Crippen LogP contribution in [0.1, 0.15) is 27.8 Å². The summed E-state index contributed by atoms with van der Waals surface area (Å²) in [5.74, 6) is 1.56. The first-order valence-corrected chi connectivity index (χ1v) is 22.5. The fourth-order valence-electron chi connectivity index (χ4n) is 11.8. The first-order chi connectivity index (χ1) is 33.2. The zero-order valence-corrected chi connectivity index (χ0v) is 35.7. The molecule has 7 nitrogen and oxygen atoms in total. The van der Waals surface area contributed by atoms with Crippen LogP contribution in [0.5, 0.6) is 11.5 Å². The van der Waals surface area contributed by atoms with Crippen molar-refractivity contribution in [1.29, 1.82) is 5.26 Å². The van der Waals surface area contributed by atoms with Gasteiger partial charge in [-0.3, -0.25) is 9.97 Å². The molecular formula is C60H34N6O. The molecule has 1 aliphatic heterocycles. The summed E-state index contributed by atoms with van der Waals surface area (Å²) in [6.45, 7) is 0. The van der Waals surface area contributed by atoms with Crippen LogP contribution in [0, 0.1) is 11.3 Å². The van der Waals surface area contributed by atoms with E-state index in [0.29, 0.717) is 5.56 Å². The van der Waals surface area contributed by atoms with Gasteiger partial charge in [0.25, 0.3) is 0 Å². The number of ether oxygens (including phenoxy) is 1. The van der Waals surface area contributed by atoms with Crippen LogP contribution in [0.15, 0.2) is 207 Å². The van der Waals surface area contributed by atoms with E-state index in [1.165, 1.54) is 32.6 Å². The van der Waals surface area contributed by atoms with Crippen molar-refractivity contribution in [3.63, 3.8) is 0 Å². The molecule has 5 aromatic heterocycles. The predicted molar refractivity (Wildman–Crippen MR) is 267 cm³/mol. The van der Waals surface area contributed by atoms with E-state index in [9.17, 15) is 5.26 Å². The first kappa shape index (κ1) is 36.1. The average Bonchev–Trinajstić information content (AvgIpc) is 4.10. The molecule has 0 radical (unpaired) electrons. The van der Waals surface area contributed by atoms with E-state index >= 15 is 0 Å². The van der Waals surface area contributed by atoms with E-state index in [4.69, 9.17) is 14.7 Å². The summed E-state index contributed by atoms with van der Waals surface area (Å²) < 4.78 is 14.1. The van der Waals surface area contributed by atoms with Gasteiger partial charge in [0.1, 0.15) is 11.5 Å². The molecule has 2 aliphatic rings. The molecule has 0 unspecified atom stereocenters. The fraction of sp³-hybridized carbons (Fsp3) is 0.0167. The molecule has 15 rings (SSSR count). The summed E-state index contributed by atoms with van der Waals surface area (Å²) in [6.07, 6.45) is 3.73. The molecule has 8 aromatic carbocycles. The van der Waals surface area contributed by atoms with Gasteiger partial charge in [-0.15, -0.1) is 0 Å². The molecule has 6 heterocycles. The van der Waals surface area contributed by atoms with Crippen molar-refractivity contribution in [2.24, 2.45) is 0 Å². The van der Waals surface area contributed by atoms with Gasteiger partial charge >= 0.3 is 0 Å². The molecule has 0 N–H and O–H groups in total. The maximum atomic E-state index is 9.89. The van der Waals surface area contributed by atoms with Gasteiger partial charge in [-0.05, 0) is 120 Å². The summed E-state index contributed by atoms with van der Waals surface area (Å²) in [5, 5.41) is 16.8. The van der Waals surface area contributed by atoms with Crippen LogP contribution in [-0.2, 0) is 5.41 Å². The molecule has 0 atom stereocenters. The topological polar surface area (TPSA) is 73.6 Å². The van der Waals surface area contributed by atoms with E-state index in [-0.39, 0.29) is 0 Å². The van der Waals surface area contributed by atoms with Crippen molar-refractivity contribution in [3.8, 4) is 46.0 Å². The standard InChI is InChI=1S/C60H34N6O/c61-35-36-21-25-54-44(31-36)42-13-3-7-19-52(42)65(54)38-23-27-56-48(33-38)60(46-15-9-29-62-58(46)59-47(60)16-10-30-63-59)49-34-39(24-28-57(49)67-56)66-53-20-8-4-14-43(53)45-32-37(22-26-55(45)66)64-50-17-5-1-11-40(50)41-12-2-6-18-51(41)64/h1-34H. The molecule has 67 heavy (non-hydrogen) atoms. The smallest absolute Gasteiger partial charge is 0.132 e. The minimum Gasteiger partial charge on any atom is -0.457 e. The van der Waals surface area contributed by atoms with E-state index in [1.807, 2.05) is 36.7 Å². The highest BCUT2D eigenvalue weighted by molar-refractivity contribution is 6.13. The number of nitrogens with zero attached hydrogens (tertiary/aromatic N) is 6. The summed E-state index contributed by atoms with van der Waals surface area (Å²) in [4.78, 5) is 10.1. The Hall–Kier alpha value is -9.25. The van der Waals surface area contributed by atoms with E-state index in [2.05, 4.69) is 190 Å². The molecule has 1 aliphatic carbocycles. The Kier molecular flexibility index (Phi) is 7.10. The maximum absolute atomic E-state index is 9.89. The van der Waals surface area contributed by atoms with Crippen molar-refractivity contribution in [2.45, 2.75) is 5.41 Å². The minimum atomic E-state index is -0.836. The minimum absolute atomic E-state index is 0.631. The van der Waals surface area contributed by atoms with Crippen molar-refractivity contribution in [3.05, 3.63) is 234 Å².